The molecule has 2 rings (SSSR count). The Kier molecular flexibility index (Phi) is 4.07. The molecule has 0 aliphatic heterocycles. The van der Waals surface area contributed by atoms with Crippen LogP contribution >= 0.6 is 0 Å². The van der Waals surface area contributed by atoms with E-state index in [-0.39, 0.29) is 5.78 Å². The van der Waals surface area contributed by atoms with E-state index < -0.39 is 0 Å². The summed E-state index contributed by atoms with van der Waals surface area (Å²) in [4.78, 5) is 20.0. The highest BCUT2D eigenvalue weighted by atomic mass is 16.5. The molecule has 0 aromatic carbocycles. The molecule has 0 unspecified atom stereocenters. The lowest BCUT2D eigenvalue weighted by molar-refractivity contribution is 0.0965. The van der Waals surface area contributed by atoms with E-state index in [9.17, 15) is 4.79 Å². The van der Waals surface area contributed by atoms with Crippen LogP contribution in [0.5, 0.6) is 5.88 Å². The Labute approximate surface area is 101 Å². The van der Waals surface area contributed by atoms with E-state index >= 15 is 0 Å². The summed E-state index contributed by atoms with van der Waals surface area (Å²) in [7, 11) is 1.51. The molecule has 1 heterocycles. The summed E-state index contributed by atoms with van der Waals surface area (Å²) in [5, 5.41) is 0. The number of ether oxygens (including phenoxy) is 1. The van der Waals surface area contributed by atoms with Crippen LogP contribution in [-0.2, 0) is 0 Å². The summed E-state index contributed by atoms with van der Waals surface area (Å²) in [5.74, 6) is 1.10. The number of ketones is 1. The Morgan fingerprint density at radius 3 is 2.76 bits per heavy atom. The molecule has 17 heavy (non-hydrogen) atoms. The van der Waals surface area contributed by atoms with E-state index in [0.717, 1.165) is 12.3 Å². The van der Waals surface area contributed by atoms with Crippen LogP contribution < -0.4 is 4.74 Å². The van der Waals surface area contributed by atoms with E-state index in [0.29, 0.717) is 18.0 Å². The van der Waals surface area contributed by atoms with Gasteiger partial charge in [0.2, 0.25) is 5.88 Å². The zero-order valence-electron chi connectivity index (χ0n) is 10.2. The first-order valence-electron chi connectivity index (χ1n) is 6.19. The lowest BCUT2D eigenvalue weighted by Crippen LogP contribution is -2.08. The first-order chi connectivity index (χ1) is 8.31. The van der Waals surface area contributed by atoms with Gasteiger partial charge in [-0.05, 0) is 12.3 Å². The van der Waals surface area contributed by atoms with Gasteiger partial charge in [0.1, 0.15) is 0 Å². The van der Waals surface area contributed by atoms with Crippen LogP contribution in [0.1, 0.15) is 49.0 Å². The minimum Gasteiger partial charge on any atom is -0.479 e. The summed E-state index contributed by atoms with van der Waals surface area (Å²) in [6.07, 6.45) is 9.76. The van der Waals surface area contributed by atoms with Crippen LogP contribution in [0.25, 0.3) is 0 Å². The first kappa shape index (κ1) is 12.0. The number of nitrogens with zero attached hydrogens (tertiary/aromatic N) is 2. The van der Waals surface area contributed by atoms with Crippen molar-refractivity contribution in [1.29, 1.82) is 0 Å². The third-order valence-electron chi connectivity index (χ3n) is 3.38. The van der Waals surface area contributed by atoms with Gasteiger partial charge in [-0.1, -0.05) is 25.7 Å². The maximum absolute atomic E-state index is 12.0. The minimum atomic E-state index is 0.0434. The van der Waals surface area contributed by atoms with E-state index in [1.54, 1.807) is 0 Å². The predicted molar refractivity (Wildman–Crippen MR) is 64.1 cm³/mol. The molecule has 0 saturated heterocycles. The SMILES string of the molecule is COc1nccnc1C(=O)CCC1CCCC1. The topological polar surface area (TPSA) is 52.1 Å². The average molecular weight is 234 g/mol. The van der Waals surface area contributed by atoms with Gasteiger partial charge in [0.25, 0.3) is 0 Å². The van der Waals surface area contributed by atoms with Crippen molar-refractivity contribution < 1.29 is 9.53 Å². The van der Waals surface area contributed by atoms with Gasteiger partial charge in [-0.2, -0.15) is 0 Å². The molecule has 1 fully saturated rings. The second-order valence-electron chi connectivity index (χ2n) is 4.53. The number of carbonyl (C=O) groups excluding carboxylic acids is 1. The maximum atomic E-state index is 12.0. The fourth-order valence-electron chi connectivity index (χ4n) is 2.42. The van der Waals surface area contributed by atoms with Gasteiger partial charge in [-0.3, -0.25) is 4.79 Å². The normalized spacial score (nSPS) is 16.1. The maximum Gasteiger partial charge on any atom is 0.243 e. The van der Waals surface area contributed by atoms with Gasteiger partial charge in [0.05, 0.1) is 7.11 Å². The van der Waals surface area contributed by atoms with Crippen LogP contribution in [0.15, 0.2) is 12.4 Å². The molecule has 4 nitrogen and oxygen atoms in total. The van der Waals surface area contributed by atoms with Crippen molar-refractivity contribution in [2.75, 3.05) is 7.11 Å². The molecule has 1 aliphatic carbocycles. The van der Waals surface area contributed by atoms with Gasteiger partial charge in [0, 0.05) is 18.8 Å². The first-order valence-corrected chi connectivity index (χ1v) is 6.19. The number of aromatic nitrogens is 2. The highest BCUT2D eigenvalue weighted by Crippen LogP contribution is 2.29. The largest absolute Gasteiger partial charge is 0.479 e. The van der Waals surface area contributed by atoms with Crippen molar-refractivity contribution >= 4 is 5.78 Å². The van der Waals surface area contributed by atoms with E-state index in [1.165, 1.54) is 45.2 Å². The van der Waals surface area contributed by atoms with Crippen LogP contribution in [0.4, 0.5) is 0 Å². The molecule has 0 bridgehead atoms. The molecular formula is C13H18N2O2. The van der Waals surface area contributed by atoms with Gasteiger partial charge in [-0.15, -0.1) is 0 Å². The Morgan fingerprint density at radius 2 is 2.06 bits per heavy atom. The van der Waals surface area contributed by atoms with Gasteiger partial charge in [0.15, 0.2) is 11.5 Å². The van der Waals surface area contributed by atoms with Crippen molar-refractivity contribution in [2.45, 2.75) is 38.5 Å². The summed E-state index contributed by atoms with van der Waals surface area (Å²) >= 11 is 0. The fourth-order valence-corrected chi connectivity index (χ4v) is 2.42. The molecule has 0 amide bonds. The van der Waals surface area contributed by atoms with E-state index in [1.807, 2.05) is 0 Å². The Balaban J connectivity index is 1.94. The monoisotopic (exact) mass is 234 g/mol. The number of methoxy groups -OCH3 is 1. The van der Waals surface area contributed by atoms with Crippen molar-refractivity contribution in [3.8, 4) is 5.88 Å². The number of rotatable bonds is 5. The molecule has 92 valence electrons. The lowest BCUT2D eigenvalue weighted by atomic mass is 9.99. The van der Waals surface area contributed by atoms with E-state index in [2.05, 4.69) is 9.97 Å². The van der Waals surface area contributed by atoms with Crippen molar-refractivity contribution in [3.63, 3.8) is 0 Å². The number of hydrogen-bond acceptors (Lipinski definition) is 4. The van der Waals surface area contributed by atoms with Crippen LogP contribution in [0, 0.1) is 5.92 Å². The Morgan fingerprint density at radius 1 is 1.35 bits per heavy atom. The molecule has 0 N–H and O–H groups in total. The third kappa shape index (κ3) is 3.02. The zero-order chi connectivity index (χ0) is 12.1. The second kappa shape index (κ2) is 5.75. The van der Waals surface area contributed by atoms with Crippen molar-refractivity contribution in [2.24, 2.45) is 5.92 Å². The molecule has 0 radical (unpaired) electrons. The molecular weight excluding hydrogens is 216 g/mol. The number of Topliss-reactive ketones (excluding diaryl/α,β-unsaturated/α-hetero) is 1. The molecule has 0 spiro atoms. The summed E-state index contributed by atoms with van der Waals surface area (Å²) in [6, 6.07) is 0. The highest BCUT2D eigenvalue weighted by Gasteiger charge is 2.19. The van der Waals surface area contributed by atoms with Crippen molar-refractivity contribution in [3.05, 3.63) is 18.1 Å². The quantitative estimate of drug-likeness (QED) is 0.735. The summed E-state index contributed by atoms with van der Waals surface area (Å²) < 4.78 is 5.04. The smallest absolute Gasteiger partial charge is 0.243 e. The minimum absolute atomic E-state index is 0.0434. The standard InChI is InChI=1S/C13H18N2O2/c1-17-13-12(14-8-9-15-13)11(16)7-6-10-4-2-3-5-10/h8-10H,2-7H2,1H3. The zero-order valence-corrected chi connectivity index (χ0v) is 10.2. The molecule has 1 aromatic heterocycles. The number of hydrogen-bond donors (Lipinski definition) is 0. The fraction of sp³-hybridized carbons (Fsp3) is 0.615. The summed E-state index contributed by atoms with van der Waals surface area (Å²) in [5.41, 5.74) is 0.369. The molecule has 1 saturated carbocycles. The highest BCUT2D eigenvalue weighted by molar-refractivity contribution is 5.96. The van der Waals surface area contributed by atoms with Crippen LogP contribution in [0.3, 0.4) is 0 Å². The van der Waals surface area contributed by atoms with E-state index in [4.69, 9.17) is 4.74 Å². The molecule has 0 atom stereocenters. The Bertz CT molecular complexity index is 387. The van der Waals surface area contributed by atoms with Crippen LogP contribution in [-0.4, -0.2) is 22.9 Å². The molecule has 1 aromatic rings. The second-order valence-corrected chi connectivity index (χ2v) is 4.53. The molecule has 1 aliphatic rings. The van der Waals surface area contributed by atoms with Gasteiger partial charge < -0.3 is 4.74 Å². The lowest BCUT2D eigenvalue weighted by Gasteiger charge is -2.08. The predicted octanol–water partition coefficient (Wildman–Crippen LogP) is 2.64. The summed E-state index contributed by atoms with van der Waals surface area (Å²) in [6.45, 7) is 0. The molecule has 4 heteroatoms. The van der Waals surface area contributed by atoms with Gasteiger partial charge in [-0.25, -0.2) is 9.97 Å². The average Bonchev–Trinajstić information content (AvgIpc) is 2.89. The van der Waals surface area contributed by atoms with Crippen LogP contribution in [0.2, 0.25) is 0 Å². The van der Waals surface area contributed by atoms with Gasteiger partial charge >= 0.3 is 0 Å². The number of carbonyl (C=O) groups is 1. The Hall–Kier alpha value is -1.45. The van der Waals surface area contributed by atoms with Crippen molar-refractivity contribution in [1.82, 2.24) is 9.97 Å². The third-order valence-corrected chi connectivity index (χ3v) is 3.38.